The zero-order chi connectivity index (χ0) is 12.7. The third kappa shape index (κ3) is 3.82. The van der Waals surface area contributed by atoms with Crippen LogP contribution < -0.4 is 5.32 Å². The maximum absolute atomic E-state index is 6.17. The zero-order valence-electron chi connectivity index (χ0n) is 11.8. The summed E-state index contributed by atoms with van der Waals surface area (Å²) in [7, 11) is 2.06. The van der Waals surface area contributed by atoms with Crippen LogP contribution in [0.1, 0.15) is 52.4 Å². The largest absolute Gasteiger partial charge is 0.374 e. The standard InChI is InChI=1S/C15H29NO/c1-5-7-8-14(16-4)15(17-6-2)11-9-13(3)10-12-15/h5,13-14,16H,1,6-12H2,2-4H3. The lowest BCUT2D eigenvalue weighted by Crippen LogP contribution is -2.53. The molecule has 0 aromatic rings. The lowest BCUT2D eigenvalue weighted by Gasteiger charge is -2.44. The van der Waals surface area contributed by atoms with Crippen molar-refractivity contribution in [2.24, 2.45) is 5.92 Å². The van der Waals surface area contributed by atoms with E-state index in [0.717, 1.165) is 25.4 Å². The fourth-order valence-corrected chi connectivity index (χ4v) is 3.09. The molecule has 0 saturated heterocycles. The van der Waals surface area contributed by atoms with Crippen molar-refractivity contribution < 1.29 is 4.74 Å². The molecule has 2 heteroatoms. The molecule has 1 saturated carbocycles. The van der Waals surface area contributed by atoms with E-state index in [1.54, 1.807) is 0 Å². The summed E-state index contributed by atoms with van der Waals surface area (Å²) >= 11 is 0. The SMILES string of the molecule is C=CCCC(NC)C1(OCC)CCC(C)CC1. The van der Waals surface area contributed by atoms with Gasteiger partial charge in [-0.25, -0.2) is 0 Å². The quantitative estimate of drug-likeness (QED) is 0.686. The summed E-state index contributed by atoms with van der Waals surface area (Å²) < 4.78 is 6.17. The highest BCUT2D eigenvalue weighted by Gasteiger charge is 2.40. The highest BCUT2D eigenvalue weighted by Crippen LogP contribution is 2.38. The summed E-state index contributed by atoms with van der Waals surface area (Å²) in [5, 5.41) is 3.47. The second kappa shape index (κ2) is 7.17. The molecule has 0 aliphatic heterocycles. The predicted molar refractivity (Wildman–Crippen MR) is 74.3 cm³/mol. The molecule has 1 fully saturated rings. The molecule has 100 valence electrons. The molecule has 0 heterocycles. The Bertz CT molecular complexity index is 219. The topological polar surface area (TPSA) is 21.3 Å². The molecule has 1 aliphatic carbocycles. The molecule has 0 radical (unpaired) electrons. The Morgan fingerprint density at radius 3 is 2.59 bits per heavy atom. The number of hydrogen-bond acceptors (Lipinski definition) is 2. The van der Waals surface area contributed by atoms with Crippen molar-refractivity contribution in [2.75, 3.05) is 13.7 Å². The molecule has 1 N–H and O–H groups in total. The summed E-state index contributed by atoms with van der Waals surface area (Å²) in [5.74, 6) is 0.862. The number of nitrogens with one attached hydrogen (secondary N) is 1. The third-order valence-electron chi connectivity index (χ3n) is 4.20. The van der Waals surface area contributed by atoms with E-state index < -0.39 is 0 Å². The van der Waals surface area contributed by atoms with Gasteiger partial charge >= 0.3 is 0 Å². The Morgan fingerprint density at radius 2 is 2.12 bits per heavy atom. The minimum atomic E-state index is 0.0685. The molecule has 0 aromatic carbocycles. The average Bonchev–Trinajstić information content (AvgIpc) is 2.34. The summed E-state index contributed by atoms with van der Waals surface area (Å²) in [5.41, 5.74) is 0.0685. The van der Waals surface area contributed by atoms with E-state index in [0.29, 0.717) is 6.04 Å². The Balaban J connectivity index is 2.69. The summed E-state index contributed by atoms with van der Waals surface area (Å²) in [6, 6.07) is 0.466. The fraction of sp³-hybridized carbons (Fsp3) is 0.867. The van der Waals surface area contributed by atoms with Gasteiger partial charge in [-0.3, -0.25) is 0 Å². The van der Waals surface area contributed by atoms with Gasteiger partial charge in [-0.1, -0.05) is 13.0 Å². The second-order valence-corrected chi connectivity index (χ2v) is 5.39. The molecule has 1 atom stereocenters. The van der Waals surface area contributed by atoms with Crippen LogP contribution in [0.4, 0.5) is 0 Å². The molecule has 0 spiro atoms. The van der Waals surface area contributed by atoms with Crippen LogP contribution in [0.2, 0.25) is 0 Å². The van der Waals surface area contributed by atoms with Gasteiger partial charge in [-0.05, 0) is 58.4 Å². The van der Waals surface area contributed by atoms with Crippen molar-refractivity contribution >= 4 is 0 Å². The minimum absolute atomic E-state index is 0.0685. The molecule has 0 amide bonds. The molecule has 17 heavy (non-hydrogen) atoms. The van der Waals surface area contributed by atoms with Gasteiger partial charge in [-0.2, -0.15) is 0 Å². The first-order chi connectivity index (χ1) is 8.18. The predicted octanol–water partition coefficient (Wildman–Crippen LogP) is 3.53. The first-order valence-electron chi connectivity index (χ1n) is 7.10. The van der Waals surface area contributed by atoms with E-state index in [1.807, 2.05) is 6.08 Å². The van der Waals surface area contributed by atoms with Crippen molar-refractivity contribution in [2.45, 2.75) is 64.0 Å². The van der Waals surface area contributed by atoms with Gasteiger partial charge in [0.05, 0.1) is 5.60 Å². The maximum atomic E-state index is 6.17. The summed E-state index contributed by atoms with van der Waals surface area (Å²) in [6.07, 6.45) is 9.20. The first kappa shape index (κ1) is 14.7. The number of rotatable bonds is 7. The van der Waals surface area contributed by atoms with E-state index in [9.17, 15) is 0 Å². The second-order valence-electron chi connectivity index (χ2n) is 5.39. The first-order valence-corrected chi connectivity index (χ1v) is 7.10. The van der Waals surface area contributed by atoms with E-state index in [-0.39, 0.29) is 5.60 Å². The minimum Gasteiger partial charge on any atom is -0.374 e. The van der Waals surface area contributed by atoms with Crippen LogP contribution in [0.5, 0.6) is 0 Å². The molecule has 0 bridgehead atoms. The Kier molecular flexibility index (Phi) is 6.21. The van der Waals surface area contributed by atoms with Crippen molar-refractivity contribution in [3.63, 3.8) is 0 Å². The van der Waals surface area contributed by atoms with Gasteiger partial charge in [0.1, 0.15) is 0 Å². The maximum Gasteiger partial charge on any atom is 0.0834 e. The van der Waals surface area contributed by atoms with Crippen LogP contribution >= 0.6 is 0 Å². The normalized spacial score (nSPS) is 31.1. The lowest BCUT2D eigenvalue weighted by molar-refractivity contribution is -0.0962. The number of ether oxygens (including phenoxy) is 1. The fourth-order valence-electron chi connectivity index (χ4n) is 3.09. The summed E-state index contributed by atoms with van der Waals surface area (Å²) in [6.45, 7) is 9.11. The summed E-state index contributed by atoms with van der Waals surface area (Å²) in [4.78, 5) is 0. The van der Waals surface area contributed by atoms with Gasteiger partial charge in [0.2, 0.25) is 0 Å². The van der Waals surface area contributed by atoms with Gasteiger partial charge in [0, 0.05) is 12.6 Å². The van der Waals surface area contributed by atoms with Crippen molar-refractivity contribution in [1.29, 1.82) is 0 Å². The Labute approximate surface area is 107 Å². The highest BCUT2D eigenvalue weighted by atomic mass is 16.5. The molecule has 0 aromatic heterocycles. The lowest BCUT2D eigenvalue weighted by atomic mass is 9.74. The third-order valence-corrected chi connectivity index (χ3v) is 4.20. The molecule has 1 rings (SSSR count). The van der Waals surface area contributed by atoms with Crippen LogP contribution in [0, 0.1) is 5.92 Å². The number of likely N-dealkylation sites (N-methyl/N-ethyl adjacent to an activating group) is 1. The van der Waals surface area contributed by atoms with E-state index in [1.165, 1.54) is 25.7 Å². The van der Waals surface area contributed by atoms with E-state index >= 15 is 0 Å². The Morgan fingerprint density at radius 1 is 1.47 bits per heavy atom. The van der Waals surface area contributed by atoms with Gasteiger partial charge in [0.25, 0.3) is 0 Å². The molecule has 1 unspecified atom stereocenters. The average molecular weight is 239 g/mol. The molecule has 1 aliphatic rings. The monoisotopic (exact) mass is 239 g/mol. The van der Waals surface area contributed by atoms with Crippen LogP contribution in [0.25, 0.3) is 0 Å². The van der Waals surface area contributed by atoms with Crippen LogP contribution in [0.15, 0.2) is 12.7 Å². The van der Waals surface area contributed by atoms with E-state index in [2.05, 4.69) is 32.8 Å². The van der Waals surface area contributed by atoms with Gasteiger partial charge in [0.15, 0.2) is 0 Å². The van der Waals surface area contributed by atoms with Crippen LogP contribution in [-0.2, 0) is 4.74 Å². The van der Waals surface area contributed by atoms with E-state index in [4.69, 9.17) is 4.74 Å². The molecular formula is C15H29NO. The van der Waals surface area contributed by atoms with Crippen LogP contribution in [-0.4, -0.2) is 25.3 Å². The number of allylic oxidation sites excluding steroid dienone is 1. The zero-order valence-corrected chi connectivity index (χ0v) is 11.8. The van der Waals surface area contributed by atoms with Crippen molar-refractivity contribution in [3.8, 4) is 0 Å². The highest BCUT2D eigenvalue weighted by molar-refractivity contribution is 4.96. The Hall–Kier alpha value is -0.340. The van der Waals surface area contributed by atoms with Crippen LogP contribution in [0.3, 0.4) is 0 Å². The molecule has 2 nitrogen and oxygen atoms in total. The van der Waals surface area contributed by atoms with Crippen molar-refractivity contribution in [3.05, 3.63) is 12.7 Å². The van der Waals surface area contributed by atoms with Crippen molar-refractivity contribution in [1.82, 2.24) is 5.32 Å². The molecular weight excluding hydrogens is 210 g/mol. The number of hydrogen-bond donors (Lipinski definition) is 1. The smallest absolute Gasteiger partial charge is 0.0834 e. The van der Waals surface area contributed by atoms with Gasteiger partial charge < -0.3 is 10.1 Å². The van der Waals surface area contributed by atoms with Gasteiger partial charge in [-0.15, -0.1) is 6.58 Å².